The fourth-order valence-corrected chi connectivity index (χ4v) is 3.88. The van der Waals surface area contributed by atoms with Gasteiger partial charge in [0.2, 0.25) is 0 Å². The summed E-state index contributed by atoms with van der Waals surface area (Å²) in [4.78, 5) is 12.8. The van der Waals surface area contributed by atoms with E-state index in [-0.39, 0.29) is 23.7 Å². The van der Waals surface area contributed by atoms with Gasteiger partial charge in [0, 0.05) is 29.3 Å². The van der Waals surface area contributed by atoms with Crippen molar-refractivity contribution < 1.29 is 9.18 Å². The summed E-state index contributed by atoms with van der Waals surface area (Å²) in [5.41, 5.74) is 4.77. The Morgan fingerprint density at radius 3 is 2.75 bits per heavy atom. The quantitative estimate of drug-likeness (QED) is 0.648. The molecule has 0 spiro atoms. The molecule has 1 amide bonds. The van der Waals surface area contributed by atoms with Crippen LogP contribution in [0, 0.1) is 19.7 Å². The standard InChI is InChI=1S/C22H23FN4O/c1-13-4-3-5-16(10-13)22(28)25-19-12-24-21-20(14(2)26-27-21)18(19)11-15-6-8-17(23)9-7-15/h3-10,18-19H,11-12H2,1-2H3,(H,25,28)(H2,24,26,27)/t18?,19-/m0/s1. The Morgan fingerprint density at radius 2 is 2.00 bits per heavy atom. The minimum absolute atomic E-state index is 0.0363. The highest BCUT2D eigenvalue weighted by molar-refractivity contribution is 5.94. The van der Waals surface area contributed by atoms with Gasteiger partial charge in [-0.3, -0.25) is 9.89 Å². The summed E-state index contributed by atoms with van der Waals surface area (Å²) in [5.74, 6) is 0.516. The molecule has 1 aromatic heterocycles. The van der Waals surface area contributed by atoms with E-state index < -0.39 is 0 Å². The van der Waals surface area contributed by atoms with Crippen LogP contribution in [0.15, 0.2) is 48.5 Å². The normalized spacial score (nSPS) is 18.2. The number of carbonyl (C=O) groups is 1. The van der Waals surface area contributed by atoms with Crippen LogP contribution < -0.4 is 10.6 Å². The second-order valence-corrected chi connectivity index (χ2v) is 7.38. The summed E-state index contributed by atoms with van der Waals surface area (Å²) in [5, 5.41) is 13.9. The van der Waals surface area contributed by atoms with E-state index in [1.807, 2.05) is 38.1 Å². The van der Waals surface area contributed by atoms with Gasteiger partial charge in [-0.1, -0.05) is 29.8 Å². The Hall–Kier alpha value is -3.15. The zero-order valence-electron chi connectivity index (χ0n) is 15.9. The number of nitrogens with one attached hydrogen (secondary N) is 3. The molecule has 144 valence electrons. The van der Waals surface area contributed by atoms with Gasteiger partial charge in [-0.15, -0.1) is 0 Å². The molecule has 0 saturated carbocycles. The van der Waals surface area contributed by atoms with E-state index in [0.29, 0.717) is 18.5 Å². The minimum atomic E-state index is -0.251. The average molecular weight is 378 g/mol. The number of aromatic amines is 1. The molecule has 0 radical (unpaired) electrons. The number of benzene rings is 2. The number of aromatic nitrogens is 2. The maximum Gasteiger partial charge on any atom is 0.251 e. The fraction of sp³-hybridized carbons (Fsp3) is 0.273. The van der Waals surface area contributed by atoms with E-state index in [0.717, 1.165) is 28.2 Å². The Morgan fingerprint density at radius 1 is 1.21 bits per heavy atom. The van der Waals surface area contributed by atoms with Crippen LogP contribution in [0.1, 0.15) is 38.7 Å². The first kappa shape index (κ1) is 18.2. The number of carbonyl (C=O) groups excluding carboxylic acids is 1. The highest BCUT2D eigenvalue weighted by atomic mass is 19.1. The van der Waals surface area contributed by atoms with E-state index in [1.165, 1.54) is 12.1 Å². The number of hydrogen-bond acceptors (Lipinski definition) is 3. The second-order valence-electron chi connectivity index (χ2n) is 7.38. The van der Waals surface area contributed by atoms with Crippen molar-refractivity contribution in [3.05, 3.63) is 82.3 Å². The van der Waals surface area contributed by atoms with Gasteiger partial charge in [-0.05, 0) is 50.1 Å². The van der Waals surface area contributed by atoms with Crippen molar-refractivity contribution >= 4 is 11.7 Å². The number of hydrogen-bond donors (Lipinski definition) is 3. The van der Waals surface area contributed by atoms with Crippen LogP contribution in [-0.4, -0.2) is 28.7 Å². The molecule has 2 heterocycles. The lowest BCUT2D eigenvalue weighted by Gasteiger charge is -2.33. The van der Waals surface area contributed by atoms with Crippen LogP contribution in [-0.2, 0) is 6.42 Å². The van der Waals surface area contributed by atoms with Crippen molar-refractivity contribution in [3.8, 4) is 0 Å². The van der Waals surface area contributed by atoms with Gasteiger partial charge >= 0.3 is 0 Å². The smallest absolute Gasteiger partial charge is 0.251 e. The third-order valence-corrected chi connectivity index (χ3v) is 5.31. The molecule has 2 atom stereocenters. The minimum Gasteiger partial charge on any atom is -0.366 e. The molecule has 4 rings (SSSR count). The van der Waals surface area contributed by atoms with E-state index >= 15 is 0 Å². The second kappa shape index (κ2) is 7.46. The van der Waals surface area contributed by atoms with Crippen LogP contribution in [0.5, 0.6) is 0 Å². The number of aryl methyl sites for hydroxylation is 2. The number of anilines is 1. The predicted molar refractivity (Wildman–Crippen MR) is 107 cm³/mol. The largest absolute Gasteiger partial charge is 0.366 e. The third-order valence-electron chi connectivity index (χ3n) is 5.31. The number of H-pyrrole nitrogens is 1. The molecule has 28 heavy (non-hydrogen) atoms. The molecular formula is C22H23FN4O. The maximum absolute atomic E-state index is 13.3. The van der Waals surface area contributed by atoms with Crippen LogP contribution in [0.3, 0.4) is 0 Å². The zero-order valence-corrected chi connectivity index (χ0v) is 15.9. The van der Waals surface area contributed by atoms with Gasteiger partial charge in [-0.2, -0.15) is 5.10 Å². The Kier molecular flexibility index (Phi) is 4.86. The first-order valence-corrected chi connectivity index (χ1v) is 9.42. The molecule has 0 aliphatic carbocycles. The van der Waals surface area contributed by atoms with E-state index in [4.69, 9.17) is 0 Å². The third kappa shape index (κ3) is 3.63. The van der Waals surface area contributed by atoms with Crippen LogP contribution in [0.2, 0.25) is 0 Å². The summed E-state index contributed by atoms with van der Waals surface area (Å²) in [7, 11) is 0. The first-order chi connectivity index (χ1) is 13.5. The van der Waals surface area contributed by atoms with Gasteiger partial charge in [0.1, 0.15) is 5.82 Å². The summed E-state index contributed by atoms with van der Waals surface area (Å²) in [6.45, 7) is 4.54. The number of halogens is 1. The SMILES string of the molecule is Cc1cccc(C(=O)N[C@H]2CNc3n[nH]c(C)c3C2Cc2ccc(F)cc2)c1. The van der Waals surface area contributed by atoms with Gasteiger partial charge in [0.05, 0.1) is 6.04 Å². The van der Waals surface area contributed by atoms with Crippen molar-refractivity contribution in [2.24, 2.45) is 0 Å². The van der Waals surface area contributed by atoms with Gasteiger partial charge in [0.15, 0.2) is 5.82 Å². The van der Waals surface area contributed by atoms with Gasteiger partial charge in [0.25, 0.3) is 5.91 Å². The van der Waals surface area contributed by atoms with Gasteiger partial charge < -0.3 is 10.6 Å². The molecule has 6 heteroatoms. The Labute approximate surface area is 163 Å². The van der Waals surface area contributed by atoms with E-state index in [2.05, 4.69) is 20.8 Å². The molecule has 0 bridgehead atoms. The van der Waals surface area contributed by atoms with Crippen LogP contribution >= 0.6 is 0 Å². The molecule has 2 aromatic carbocycles. The lowest BCUT2D eigenvalue weighted by Crippen LogP contribution is -2.47. The molecular weight excluding hydrogens is 355 g/mol. The first-order valence-electron chi connectivity index (χ1n) is 9.42. The zero-order chi connectivity index (χ0) is 19.7. The summed E-state index contributed by atoms with van der Waals surface area (Å²) in [6, 6.07) is 14.0. The molecule has 0 fully saturated rings. The lowest BCUT2D eigenvalue weighted by molar-refractivity contribution is 0.0932. The maximum atomic E-state index is 13.3. The molecule has 1 aliphatic rings. The summed E-state index contributed by atoms with van der Waals surface area (Å²) >= 11 is 0. The molecule has 3 aromatic rings. The lowest BCUT2D eigenvalue weighted by atomic mass is 9.83. The topological polar surface area (TPSA) is 69.8 Å². The molecule has 3 N–H and O–H groups in total. The summed E-state index contributed by atoms with van der Waals surface area (Å²) in [6.07, 6.45) is 0.689. The predicted octanol–water partition coefficient (Wildman–Crippen LogP) is 3.72. The molecule has 1 unspecified atom stereocenters. The number of rotatable bonds is 4. The van der Waals surface area contributed by atoms with Gasteiger partial charge in [-0.25, -0.2) is 4.39 Å². The fourth-order valence-electron chi connectivity index (χ4n) is 3.88. The van der Waals surface area contributed by atoms with Crippen molar-refractivity contribution in [2.45, 2.75) is 32.2 Å². The highest BCUT2D eigenvalue weighted by Gasteiger charge is 2.34. The van der Waals surface area contributed by atoms with Crippen molar-refractivity contribution in [1.29, 1.82) is 0 Å². The number of nitrogens with zero attached hydrogens (tertiary/aromatic N) is 1. The Bertz CT molecular complexity index is 996. The number of fused-ring (bicyclic) bond motifs is 1. The monoisotopic (exact) mass is 378 g/mol. The molecule has 0 saturated heterocycles. The van der Waals surface area contributed by atoms with Crippen molar-refractivity contribution in [1.82, 2.24) is 15.5 Å². The highest BCUT2D eigenvalue weighted by Crippen LogP contribution is 2.35. The van der Waals surface area contributed by atoms with Crippen molar-refractivity contribution in [3.63, 3.8) is 0 Å². The number of amides is 1. The average Bonchev–Trinajstić information content (AvgIpc) is 3.06. The van der Waals surface area contributed by atoms with Crippen molar-refractivity contribution in [2.75, 3.05) is 11.9 Å². The van der Waals surface area contributed by atoms with E-state index in [9.17, 15) is 9.18 Å². The Balaban J connectivity index is 1.62. The van der Waals surface area contributed by atoms with E-state index in [1.54, 1.807) is 12.1 Å². The molecule has 5 nitrogen and oxygen atoms in total. The summed E-state index contributed by atoms with van der Waals surface area (Å²) < 4.78 is 13.3. The van der Waals surface area contributed by atoms with Crippen LogP contribution in [0.25, 0.3) is 0 Å². The molecule has 1 aliphatic heterocycles. The van der Waals surface area contributed by atoms with Crippen LogP contribution in [0.4, 0.5) is 10.2 Å².